The van der Waals surface area contributed by atoms with Gasteiger partial charge < -0.3 is 5.11 Å². The Kier molecular flexibility index (Phi) is 5.52. The van der Waals surface area contributed by atoms with Crippen molar-refractivity contribution in [3.05, 3.63) is 60.9 Å². The molecule has 0 atom stereocenters. The van der Waals surface area contributed by atoms with Gasteiger partial charge in [-0.15, -0.1) is 0 Å². The monoisotopic (exact) mass is 354 g/mol. The maximum Gasteiger partial charge on any atom is 0.271 e. The summed E-state index contributed by atoms with van der Waals surface area (Å²) in [4.78, 5) is 26.9. The molecular formula is C18H18N4O4. The number of hydrogen-bond donors (Lipinski definition) is 1. The molecule has 2 rings (SSSR count). The number of aryl methyl sites for hydroxylation is 1. The van der Waals surface area contributed by atoms with Crippen molar-refractivity contribution >= 4 is 17.6 Å². The lowest BCUT2D eigenvalue weighted by atomic mass is 10.1. The van der Waals surface area contributed by atoms with Gasteiger partial charge in [0.1, 0.15) is 11.6 Å². The van der Waals surface area contributed by atoms with Gasteiger partial charge in [-0.3, -0.25) is 24.5 Å². The number of nitriles is 1. The third-order valence-electron chi connectivity index (χ3n) is 4.03. The second-order valence-electron chi connectivity index (χ2n) is 5.79. The molecule has 1 heterocycles. The molecule has 0 aliphatic rings. The molecule has 1 aromatic carbocycles. The number of nitro groups is 1. The van der Waals surface area contributed by atoms with Crippen LogP contribution in [0.4, 0.5) is 11.4 Å². The van der Waals surface area contributed by atoms with E-state index in [0.29, 0.717) is 23.2 Å². The highest BCUT2D eigenvalue weighted by Gasteiger charge is 2.17. The van der Waals surface area contributed by atoms with E-state index in [4.69, 9.17) is 0 Å². The third-order valence-corrected chi connectivity index (χ3v) is 4.03. The van der Waals surface area contributed by atoms with Crippen LogP contribution in [-0.4, -0.2) is 20.8 Å². The van der Waals surface area contributed by atoms with E-state index in [1.54, 1.807) is 19.9 Å². The van der Waals surface area contributed by atoms with Crippen molar-refractivity contribution in [2.24, 2.45) is 4.99 Å². The fourth-order valence-corrected chi connectivity index (χ4v) is 2.54. The van der Waals surface area contributed by atoms with Gasteiger partial charge in [-0.2, -0.15) is 5.26 Å². The lowest BCUT2D eigenvalue weighted by Crippen LogP contribution is -2.25. The number of aliphatic imine (C=N–C) groups is 1. The van der Waals surface area contributed by atoms with E-state index < -0.39 is 10.5 Å². The summed E-state index contributed by atoms with van der Waals surface area (Å²) in [6, 6.07) is 6.15. The van der Waals surface area contributed by atoms with Gasteiger partial charge in [0.05, 0.1) is 16.2 Å². The molecule has 8 nitrogen and oxygen atoms in total. The molecular weight excluding hydrogens is 336 g/mol. The number of hydrogen-bond acceptors (Lipinski definition) is 6. The fraction of sp³-hybridized carbons (Fsp3) is 0.278. The van der Waals surface area contributed by atoms with Gasteiger partial charge in [0.2, 0.25) is 5.88 Å². The quantitative estimate of drug-likeness (QED) is 0.502. The van der Waals surface area contributed by atoms with Crippen LogP contribution in [0.15, 0.2) is 28.0 Å². The summed E-state index contributed by atoms with van der Waals surface area (Å²) < 4.78 is 1.13. The number of pyridine rings is 1. The topological polar surface area (TPSA) is 122 Å². The standard InChI is InChI=1S/C18H18N4O4/c1-4-7-21-17(23)14(9-19)12(3)15(18(21)24)10-20-16-8-13(22(25)26)6-5-11(16)2/h5-6,8,10,24H,4,7H2,1-3H3. The Morgan fingerprint density at radius 3 is 2.69 bits per heavy atom. The molecule has 0 radical (unpaired) electrons. The van der Waals surface area contributed by atoms with Crippen LogP contribution in [-0.2, 0) is 6.54 Å². The smallest absolute Gasteiger partial charge is 0.271 e. The van der Waals surface area contributed by atoms with E-state index in [-0.39, 0.29) is 29.2 Å². The first-order chi connectivity index (χ1) is 12.3. The van der Waals surface area contributed by atoms with Gasteiger partial charge in [0.25, 0.3) is 11.2 Å². The summed E-state index contributed by atoms with van der Waals surface area (Å²) in [5.74, 6) is -0.278. The first-order valence-corrected chi connectivity index (χ1v) is 7.97. The maximum absolute atomic E-state index is 12.3. The van der Waals surface area contributed by atoms with Crippen molar-refractivity contribution in [1.29, 1.82) is 5.26 Å². The molecule has 26 heavy (non-hydrogen) atoms. The van der Waals surface area contributed by atoms with Crippen LogP contribution in [0, 0.1) is 35.3 Å². The van der Waals surface area contributed by atoms with E-state index in [0.717, 1.165) is 4.57 Å². The molecule has 0 saturated heterocycles. The first kappa shape index (κ1) is 18.9. The number of nitrogens with zero attached hydrogens (tertiary/aromatic N) is 4. The largest absolute Gasteiger partial charge is 0.494 e. The average molecular weight is 354 g/mol. The fourth-order valence-electron chi connectivity index (χ4n) is 2.54. The minimum absolute atomic E-state index is 0.0616. The minimum atomic E-state index is -0.548. The summed E-state index contributed by atoms with van der Waals surface area (Å²) in [5.41, 5.74) is 0.921. The lowest BCUT2D eigenvalue weighted by Gasteiger charge is -2.13. The van der Waals surface area contributed by atoms with Crippen LogP contribution in [0.25, 0.3) is 0 Å². The summed E-state index contributed by atoms with van der Waals surface area (Å²) in [6.07, 6.45) is 1.92. The number of aromatic nitrogens is 1. The van der Waals surface area contributed by atoms with E-state index in [1.807, 2.05) is 13.0 Å². The molecule has 0 saturated carbocycles. The first-order valence-electron chi connectivity index (χ1n) is 7.97. The molecule has 134 valence electrons. The average Bonchev–Trinajstić information content (AvgIpc) is 2.60. The summed E-state index contributed by atoms with van der Waals surface area (Å²) in [6.45, 7) is 5.41. The molecule has 0 spiro atoms. The Labute approximate surface area is 149 Å². The summed E-state index contributed by atoms with van der Waals surface area (Å²) >= 11 is 0. The van der Waals surface area contributed by atoms with Crippen LogP contribution in [0.5, 0.6) is 5.88 Å². The summed E-state index contributed by atoms with van der Waals surface area (Å²) in [5, 5.41) is 30.6. The van der Waals surface area contributed by atoms with Gasteiger partial charge in [-0.05, 0) is 31.4 Å². The highest BCUT2D eigenvalue weighted by Crippen LogP contribution is 2.26. The van der Waals surface area contributed by atoms with Crippen LogP contribution in [0.2, 0.25) is 0 Å². The Balaban J connectivity index is 2.63. The summed E-state index contributed by atoms with van der Waals surface area (Å²) in [7, 11) is 0. The molecule has 0 aliphatic heterocycles. The Morgan fingerprint density at radius 2 is 2.12 bits per heavy atom. The Morgan fingerprint density at radius 1 is 1.42 bits per heavy atom. The third kappa shape index (κ3) is 3.47. The zero-order valence-electron chi connectivity index (χ0n) is 14.7. The molecule has 1 aromatic heterocycles. The molecule has 2 aromatic rings. The molecule has 0 unspecified atom stereocenters. The molecule has 1 N–H and O–H groups in total. The SMILES string of the molecule is CCCn1c(O)c(C=Nc2cc([N+](=O)[O-])ccc2C)c(C)c(C#N)c1=O. The molecule has 0 aliphatic carbocycles. The lowest BCUT2D eigenvalue weighted by molar-refractivity contribution is -0.384. The molecule has 0 fully saturated rings. The molecule has 0 bridgehead atoms. The predicted molar refractivity (Wildman–Crippen MR) is 97.2 cm³/mol. The Bertz CT molecular complexity index is 1000. The minimum Gasteiger partial charge on any atom is -0.494 e. The Hall–Kier alpha value is -3.47. The number of non-ortho nitro benzene ring substituents is 1. The van der Waals surface area contributed by atoms with Crippen LogP contribution < -0.4 is 5.56 Å². The van der Waals surface area contributed by atoms with Crippen LogP contribution in [0.3, 0.4) is 0 Å². The molecule has 8 heteroatoms. The second kappa shape index (κ2) is 7.61. The van der Waals surface area contributed by atoms with E-state index >= 15 is 0 Å². The zero-order chi connectivity index (χ0) is 19.4. The van der Waals surface area contributed by atoms with Crippen molar-refractivity contribution in [2.75, 3.05) is 0 Å². The maximum atomic E-state index is 12.3. The molecule has 0 amide bonds. The predicted octanol–water partition coefficient (Wildman–Crippen LogP) is 3.11. The van der Waals surface area contributed by atoms with Gasteiger partial charge in [0.15, 0.2) is 0 Å². The van der Waals surface area contributed by atoms with Crippen molar-refractivity contribution in [2.45, 2.75) is 33.7 Å². The van der Waals surface area contributed by atoms with E-state index in [9.17, 15) is 25.3 Å². The van der Waals surface area contributed by atoms with Crippen LogP contribution >= 0.6 is 0 Å². The number of rotatable bonds is 5. The highest BCUT2D eigenvalue weighted by atomic mass is 16.6. The van der Waals surface area contributed by atoms with E-state index in [1.165, 1.54) is 18.3 Å². The van der Waals surface area contributed by atoms with Crippen molar-refractivity contribution in [3.63, 3.8) is 0 Å². The van der Waals surface area contributed by atoms with Crippen molar-refractivity contribution < 1.29 is 10.0 Å². The van der Waals surface area contributed by atoms with Gasteiger partial charge in [-0.1, -0.05) is 13.0 Å². The highest BCUT2D eigenvalue weighted by molar-refractivity contribution is 5.87. The van der Waals surface area contributed by atoms with Crippen molar-refractivity contribution in [3.8, 4) is 11.9 Å². The second-order valence-corrected chi connectivity index (χ2v) is 5.79. The van der Waals surface area contributed by atoms with Gasteiger partial charge in [-0.25, -0.2) is 0 Å². The van der Waals surface area contributed by atoms with Crippen LogP contribution in [0.1, 0.15) is 35.6 Å². The van der Waals surface area contributed by atoms with Crippen molar-refractivity contribution in [1.82, 2.24) is 4.57 Å². The normalized spacial score (nSPS) is 10.8. The van der Waals surface area contributed by atoms with E-state index in [2.05, 4.69) is 4.99 Å². The van der Waals surface area contributed by atoms with Gasteiger partial charge in [0, 0.05) is 24.9 Å². The number of nitro benzene ring substituents is 1. The van der Waals surface area contributed by atoms with Gasteiger partial charge >= 0.3 is 0 Å². The number of benzene rings is 1. The number of aromatic hydroxyl groups is 1. The zero-order valence-corrected chi connectivity index (χ0v) is 14.7.